The number of nitrogens with one attached hydrogen (secondary N) is 1. The van der Waals surface area contributed by atoms with Crippen molar-refractivity contribution >= 4 is 21.6 Å². The quantitative estimate of drug-likeness (QED) is 0.838. The first-order valence-electron chi connectivity index (χ1n) is 6.13. The molecule has 5 nitrogen and oxygen atoms in total. The van der Waals surface area contributed by atoms with Crippen molar-refractivity contribution in [2.24, 2.45) is 5.92 Å². The molecule has 7 heteroatoms. The fraction of sp³-hybridized carbons (Fsp3) is 0.462. The molecule has 1 aromatic carbocycles. The summed E-state index contributed by atoms with van der Waals surface area (Å²) in [7, 11) is -3.90. The standard InChI is InChI=1S/C13H17ClN2O3S/c1-9(2)5-12(8-17)16-20(18,19)13-6-11(14)4-3-10(13)7-15/h3-4,6,9,12,16-17H,5,8H2,1-2H3. The molecule has 0 saturated carbocycles. The van der Waals surface area contributed by atoms with Crippen LogP contribution in [-0.2, 0) is 10.0 Å². The Morgan fingerprint density at radius 1 is 1.45 bits per heavy atom. The number of hydrogen-bond donors (Lipinski definition) is 2. The molecule has 1 unspecified atom stereocenters. The van der Waals surface area contributed by atoms with E-state index in [1.807, 2.05) is 19.9 Å². The molecule has 0 aromatic heterocycles. The van der Waals surface area contributed by atoms with E-state index < -0.39 is 16.1 Å². The molecule has 0 aliphatic heterocycles. The molecule has 0 aliphatic carbocycles. The molecule has 0 fully saturated rings. The van der Waals surface area contributed by atoms with Crippen molar-refractivity contribution in [1.29, 1.82) is 5.26 Å². The van der Waals surface area contributed by atoms with Crippen LogP contribution in [0.2, 0.25) is 5.02 Å². The summed E-state index contributed by atoms with van der Waals surface area (Å²) in [5, 5.41) is 18.5. The van der Waals surface area contributed by atoms with E-state index >= 15 is 0 Å². The van der Waals surface area contributed by atoms with Crippen molar-refractivity contribution in [2.45, 2.75) is 31.2 Å². The highest BCUT2D eigenvalue weighted by atomic mass is 35.5. The lowest BCUT2D eigenvalue weighted by molar-refractivity contribution is 0.240. The summed E-state index contributed by atoms with van der Waals surface area (Å²) < 4.78 is 27.0. The molecule has 0 radical (unpaired) electrons. The monoisotopic (exact) mass is 316 g/mol. The van der Waals surface area contributed by atoms with E-state index in [0.717, 1.165) is 0 Å². The number of rotatable bonds is 6. The van der Waals surface area contributed by atoms with Gasteiger partial charge in [0, 0.05) is 11.1 Å². The summed E-state index contributed by atoms with van der Waals surface area (Å²) in [6, 6.07) is 5.27. The zero-order valence-electron chi connectivity index (χ0n) is 11.3. The molecule has 0 aliphatic rings. The number of benzene rings is 1. The highest BCUT2D eigenvalue weighted by Crippen LogP contribution is 2.21. The third kappa shape index (κ3) is 4.46. The van der Waals surface area contributed by atoms with E-state index in [1.54, 1.807) is 0 Å². The number of sulfonamides is 1. The molecule has 1 atom stereocenters. The molecule has 20 heavy (non-hydrogen) atoms. The van der Waals surface area contributed by atoms with Crippen molar-refractivity contribution in [1.82, 2.24) is 4.72 Å². The van der Waals surface area contributed by atoms with Gasteiger partial charge in [0.05, 0.1) is 12.2 Å². The Bertz CT molecular complexity index is 609. The Morgan fingerprint density at radius 2 is 2.10 bits per heavy atom. The zero-order valence-corrected chi connectivity index (χ0v) is 12.9. The second-order valence-corrected chi connectivity index (χ2v) is 7.00. The maximum atomic E-state index is 12.3. The van der Waals surface area contributed by atoms with Gasteiger partial charge in [-0.05, 0) is 30.5 Å². The topological polar surface area (TPSA) is 90.2 Å². The number of aliphatic hydroxyl groups is 1. The van der Waals surface area contributed by atoms with Gasteiger partial charge in [0.1, 0.15) is 11.0 Å². The van der Waals surface area contributed by atoms with Gasteiger partial charge in [-0.25, -0.2) is 13.1 Å². The molecule has 0 heterocycles. The Labute approximate surface area is 124 Å². The first-order valence-corrected chi connectivity index (χ1v) is 7.99. The molecule has 1 rings (SSSR count). The van der Waals surface area contributed by atoms with Crippen LogP contribution in [0.15, 0.2) is 23.1 Å². The normalized spacial score (nSPS) is 13.2. The third-order valence-corrected chi connectivity index (χ3v) is 4.45. The van der Waals surface area contributed by atoms with Crippen molar-refractivity contribution in [3.05, 3.63) is 28.8 Å². The van der Waals surface area contributed by atoms with E-state index in [-0.39, 0.29) is 28.0 Å². The van der Waals surface area contributed by atoms with Crippen molar-refractivity contribution in [3.8, 4) is 6.07 Å². The summed E-state index contributed by atoms with van der Waals surface area (Å²) >= 11 is 5.78. The summed E-state index contributed by atoms with van der Waals surface area (Å²) in [4.78, 5) is -0.172. The first kappa shape index (κ1) is 16.9. The Morgan fingerprint density at radius 3 is 2.60 bits per heavy atom. The van der Waals surface area contributed by atoms with Gasteiger partial charge in [0.2, 0.25) is 10.0 Å². The van der Waals surface area contributed by atoms with E-state index in [0.29, 0.717) is 6.42 Å². The molecule has 0 bridgehead atoms. The summed E-state index contributed by atoms with van der Waals surface area (Å²) in [6.07, 6.45) is 0.498. The molecule has 2 N–H and O–H groups in total. The van der Waals surface area contributed by atoms with Crippen LogP contribution in [0.4, 0.5) is 0 Å². The van der Waals surface area contributed by atoms with Gasteiger partial charge in [-0.1, -0.05) is 25.4 Å². The Hall–Kier alpha value is -1.13. The van der Waals surface area contributed by atoms with Crippen LogP contribution in [0.5, 0.6) is 0 Å². The second kappa shape index (κ2) is 7.04. The zero-order chi connectivity index (χ0) is 15.3. The van der Waals surface area contributed by atoms with Crippen LogP contribution >= 0.6 is 11.6 Å². The Balaban J connectivity index is 3.11. The van der Waals surface area contributed by atoms with Gasteiger partial charge in [-0.15, -0.1) is 0 Å². The minimum atomic E-state index is -3.90. The average Bonchev–Trinajstić information content (AvgIpc) is 2.37. The van der Waals surface area contributed by atoms with E-state index in [9.17, 15) is 13.5 Å². The van der Waals surface area contributed by atoms with Gasteiger partial charge >= 0.3 is 0 Å². The van der Waals surface area contributed by atoms with Crippen LogP contribution in [0, 0.1) is 17.2 Å². The van der Waals surface area contributed by atoms with Crippen LogP contribution in [0.1, 0.15) is 25.8 Å². The molecule has 0 amide bonds. The van der Waals surface area contributed by atoms with Gasteiger partial charge in [-0.2, -0.15) is 5.26 Å². The maximum Gasteiger partial charge on any atom is 0.242 e. The predicted octanol–water partition coefficient (Wildman–Crippen LogP) is 1.90. The highest BCUT2D eigenvalue weighted by molar-refractivity contribution is 7.89. The van der Waals surface area contributed by atoms with Gasteiger partial charge in [0.15, 0.2) is 0 Å². The molecule has 0 saturated heterocycles. The van der Waals surface area contributed by atoms with Crippen molar-refractivity contribution in [2.75, 3.05) is 6.61 Å². The van der Waals surface area contributed by atoms with Crippen molar-refractivity contribution < 1.29 is 13.5 Å². The molecule has 110 valence electrons. The highest BCUT2D eigenvalue weighted by Gasteiger charge is 2.23. The lowest BCUT2D eigenvalue weighted by Crippen LogP contribution is -2.38. The Kier molecular flexibility index (Phi) is 5.96. The van der Waals surface area contributed by atoms with E-state index in [2.05, 4.69) is 4.72 Å². The van der Waals surface area contributed by atoms with Crippen molar-refractivity contribution in [3.63, 3.8) is 0 Å². The number of nitrogens with zero attached hydrogens (tertiary/aromatic N) is 1. The van der Waals surface area contributed by atoms with Crippen LogP contribution in [-0.4, -0.2) is 26.2 Å². The number of hydrogen-bond acceptors (Lipinski definition) is 4. The SMILES string of the molecule is CC(C)CC(CO)NS(=O)(=O)c1cc(Cl)ccc1C#N. The van der Waals surface area contributed by atoms with E-state index in [1.165, 1.54) is 18.2 Å². The molecule has 0 spiro atoms. The summed E-state index contributed by atoms with van der Waals surface area (Å²) in [5.74, 6) is 0.227. The lowest BCUT2D eigenvalue weighted by atomic mass is 10.1. The summed E-state index contributed by atoms with van der Waals surface area (Å²) in [5.41, 5.74) is 0.0168. The third-order valence-electron chi connectivity index (χ3n) is 2.65. The van der Waals surface area contributed by atoms with E-state index in [4.69, 9.17) is 16.9 Å². The average molecular weight is 317 g/mol. The lowest BCUT2D eigenvalue weighted by Gasteiger charge is -2.18. The largest absolute Gasteiger partial charge is 0.395 e. The van der Waals surface area contributed by atoms with Gasteiger partial charge < -0.3 is 5.11 Å². The number of aliphatic hydroxyl groups excluding tert-OH is 1. The molecule has 1 aromatic rings. The molecular weight excluding hydrogens is 300 g/mol. The van der Waals surface area contributed by atoms with Gasteiger partial charge in [0.25, 0.3) is 0 Å². The fourth-order valence-corrected chi connectivity index (χ4v) is 3.48. The van der Waals surface area contributed by atoms with Crippen LogP contribution < -0.4 is 4.72 Å². The maximum absolute atomic E-state index is 12.3. The minimum absolute atomic E-state index is 0.0168. The summed E-state index contributed by atoms with van der Waals surface area (Å²) in [6.45, 7) is 3.55. The number of nitriles is 1. The van der Waals surface area contributed by atoms with Crippen LogP contribution in [0.3, 0.4) is 0 Å². The first-order chi connectivity index (χ1) is 9.30. The fourth-order valence-electron chi connectivity index (χ4n) is 1.82. The second-order valence-electron chi connectivity index (χ2n) is 4.88. The van der Waals surface area contributed by atoms with Gasteiger partial charge in [-0.3, -0.25) is 0 Å². The molecular formula is C13H17ClN2O3S. The number of halogens is 1. The minimum Gasteiger partial charge on any atom is -0.395 e. The van der Waals surface area contributed by atoms with Crippen LogP contribution in [0.25, 0.3) is 0 Å². The smallest absolute Gasteiger partial charge is 0.242 e. The predicted molar refractivity (Wildman–Crippen MR) is 76.8 cm³/mol.